The lowest BCUT2D eigenvalue weighted by Crippen LogP contribution is -2.21. The molecule has 41 heavy (non-hydrogen) atoms. The number of benzene rings is 3. The van der Waals surface area contributed by atoms with Gasteiger partial charge in [-0.05, 0) is 88.6 Å². The molecule has 0 fully saturated rings. The Bertz CT molecular complexity index is 1650. The Labute approximate surface area is 250 Å². The highest BCUT2D eigenvalue weighted by atomic mass is 79.9. The Morgan fingerprint density at radius 1 is 1.05 bits per heavy atom. The molecule has 0 amide bonds. The van der Waals surface area contributed by atoms with Crippen molar-refractivity contribution >= 4 is 33.0 Å². The summed E-state index contributed by atoms with van der Waals surface area (Å²) in [6.07, 6.45) is 1.63. The SMILES string of the molecule is CCOc1cc(C)c(-c2nc3ccccc3c(=O)n2N=Cc2cc(OC)c(OCC(C)(C)C)cc2Br)cc1C(C)C. The molecule has 0 unspecified atom stereocenters. The summed E-state index contributed by atoms with van der Waals surface area (Å²) >= 11 is 3.64. The average molecular weight is 621 g/mol. The summed E-state index contributed by atoms with van der Waals surface area (Å²) in [5.41, 5.74) is 3.88. The van der Waals surface area contributed by atoms with Crippen LogP contribution >= 0.6 is 15.9 Å². The highest BCUT2D eigenvalue weighted by Crippen LogP contribution is 2.36. The maximum Gasteiger partial charge on any atom is 0.282 e. The molecule has 4 rings (SSSR count). The minimum absolute atomic E-state index is 0.00724. The molecule has 7 nitrogen and oxygen atoms in total. The van der Waals surface area contributed by atoms with Crippen LogP contribution in [0.4, 0.5) is 0 Å². The summed E-state index contributed by atoms with van der Waals surface area (Å²) in [5.74, 6) is 2.71. The summed E-state index contributed by atoms with van der Waals surface area (Å²) < 4.78 is 19.7. The number of hydrogen-bond donors (Lipinski definition) is 0. The summed E-state index contributed by atoms with van der Waals surface area (Å²) in [7, 11) is 1.60. The first-order valence-corrected chi connectivity index (χ1v) is 14.6. The Morgan fingerprint density at radius 3 is 2.44 bits per heavy atom. The Morgan fingerprint density at radius 2 is 1.78 bits per heavy atom. The molecular weight excluding hydrogens is 582 g/mol. The van der Waals surface area contributed by atoms with Crippen molar-refractivity contribution < 1.29 is 14.2 Å². The lowest BCUT2D eigenvalue weighted by molar-refractivity contribution is 0.191. The zero-order chi connectivity index (χ0) is 29.9. The van der Waals surface area contributed by atoms with Gasteiger partial charge in [0, 0.05) is 15.6 Å². The van der Waals surface area contributed by atoms with E-state index in [4.69, 9.17) is 19.2 Å². The maximum absolute atomic E-state index is 13.8. The summed E-state index contributed by atoms with van der Waals surface area (Å²) in [6.45, 7) is 15.6. The van der Waals surface area contributed by atoms with E-state index in [2.05, 4.69) is 61.7 Å². The van der Waals surface area contributed by atoms with Gasteiger partial charge in [0.05, 0.1) is 37.4 Å². The standard InChI is InChI=1S/C33H38BrN3O4/c1-9-40-28-14-21(4)25(16-24(28)20(2)3)31-36-27-13-11-10-12-23(27)32(38)37(31)35-18-22-15-29(39-8)30(17-26(22)34)41-19-33(5,6)7/h10-18,20H,9,19H2,1-8H3. The van der Waals surface area contributed by atoms with Crippen molar-refractivity contribution in [2.45, 2.75) is 54.4 Å². The van der Waals surface area contributed by atoms with Crippen molar-refractivity contribution in [3.05, 3.63) is 80.0 Å². The van der Waals surface area contributed by atoms with Gasteiger partial charge in [-0.1, -0.05) is 46.8 Å². The molecule has 0 aliphatic heterocycles. The lowest BCUT2D eigenvalue weighted by atomic mass is 9.96. The fourth-order valence-corrected chi connectivity index (χ4v) is 4.84. The molecule has 3 aromatic carbocycles. The number of para-hydroxylation sites is 1. The van der Waals surface area contributed by atoms with Gasteiger partial charge in [-0.25, -0.2) is 4.98 Å². The minimum atomic E-state index is -0.255. The van der Waals surface area contributed by atoms with Crippen LogP contribution in [0.5, 0.6) is 17.2 Å². The largest absolute Gasteiger partial charge is 0.494 e. The quantitative estimate of drug-likeness (QED) is 0.178. The predicted octanol–water partition coefficient (Wildman–Crippen LogP) is 7.97. The van der Waals surface area contributed by atoms with E-state index in [0.717, 1.165) is 32.5 Å². The molecule has 4 aromatic rings. The minimum Gasteiger partial charge on any atom is -0.494 e. The highest BCUT2D eigenvalue weighted by molar-refractivity contribution is 9.10. The van der Waals surface area contributed by atoms with Crippen molar-refractivity contribution in [2.24, 2.45) is 10.5 Å². The number of rotatable bonds is 9. The molecule has 0 aliphatic rings. The Kier molecular flexibility index (Phi) is 9.22. The predicted molar refractivity (Wildman–Crippen MR) is 170 cm³/mol. The van der Waals surface area contributed by atoms with E-state index in [9.17, 15) is 4.79 Å². The van der Waals surface area contributed by atoms with E-state index in [0.29, 0.717) is 41.4 Å². The molecule has 0 atom stereocenters. The smallest absolute Gasteiger partial charge is 0.282 e. The fraction of sp³-hybridized carbons (Fsp3) is 0.364. The topological polar surface area (TPSA) is 74.9 Å². The summed E-state index contributed by atoms with van der Waals surface area (Å²) in [4.78, 5) is 18.7. The van der Waals surface area contributed by atoms with E-state index in [1.54, 1.807) is 19.4 Å². The number of hydrogen-bond acceptors (Lipinski definition) is 6. The third-order valence-corrected chi connectivity index (χ3v) is 7.22. The number of methoxy groups -OCH3 is 1. The number of fused-ring (bicyclic) bond motifs is 1. The van der Waals surface area contributed by atoms with Crippen LogP contribution in [0.15, 0.2) is 62.9 Å². The van der Waals surface area contributed by atoms with Crippen molar-refractivity contribution in [1.29, 1.82) is 0 Å². The number of ether oxygens (including phenoxy) is 3. The molecule has 216 valence electrons. The van der Waals surface area contributed by atoms with E-state index in [1.807, 2.05) is 50.2 Å². The second kappa shape index (κ2) is 12.5. The van der Waals surface area contributed by atoms with Crippen LogP contribution in [-0.4, -0.2) is 36.2 Å². The molecule has 0 bridgehead atoms. The van der Waals surface area contributed by atoms with Crippen LogP contribution < -0.4 is 19.8 Å². The monoisotopic (exact) mass is 619 g/mol. The Hall–Kier alpha value is -3.65. The van der Waals surface area contributed by atoms with E-state index >= 15 is 0 Å². The van der Waals surface area contributed by atoms with Crippen molar-refractivity contribution in [3.8, 4) is 28.6 Å². The molecule has 0 aliphatic carbocycles. The van der Waals surface area contributed by atoms with Crippen LogP contribution in [0, 0.1) is 12.3 Å². The first-order chi connectivity index (χ1) is 19.4. The molecule has 0 saturated heterocycles. The van der Waals surface area contributed by atoms with Gasteiger partial charge in [-0.15, -0.1) is 0 Å². The first kappa shape index (κ1) is 30.3. The zero-order valence-electron chi connectivity index (χ0n) is 25.0. The lowest BCUT2D eigenvalue weighted by Gasteiger charge is -2.20. The van der Waals surface area contributed by atoms with Crippen LogP contribution in [0.3, 0.4) is 0 Å². The molecule has 0 spiro atoms. The molecule has 0 N–H and O–H groups in total. The van der Waals surface area contributed by atoms with Gasteiger partial charge in [0.15, 0.2) is 17.3 Å². The van der Waals surface area contributed by atoms with Gasteiger partial charge in [-0.2, -0.15) is 9.78 Å². The number of aromatic nitrogens is 2. The van der Waals surface area contributed by atoms with E-state index in [-0.39, 0.29) is 16.9 Å². The number of halogens is 1. The third kappa shape index (κ3) is 6.81. The normalized spacial score (nSPS) is 12.0. The molecular formula is C33H38BrN3O4. The van der Waals surface area contributed by atoms with Gasteiger partial charge < -0.3 is 14.2 Å². The second-order valence-electron chi connectivity index (χ2n) is 11.5. The van der Waals surface area contributed by atoms with Crippen LogP contribution in [0.1, 0.15) is 64.2 Å². The number of aryl methyl sites for hydroxylation is 1. The average Bonchev–Trinajstić information content (AvgIpc) is 2.91. The Balaban J connectivity index is 1.88. The molecule has 1 aromatic heterocycles. The zero-order valence-corrected chi connectivity index (χ0v) is 26.6. The van der Waals surface area contributed by atoms with E-state index < -0.39 is 0 Å². The molecule has 8 heteroatoms. The summed E-state index contributed by atoms with van der Waals surface area (Å²) in [5, 5.41) is 5.18. The highest BCUT2D eigenvalue weighted by Gasteiger charge is 2.19. The van der Waals surface area contributed by atoms with Crippen LogP contribution in [0.2, 0.25) is 0 Å². The molecule has 1 heterocycles. The number of nitrogens with zero attached hydrogens (tertiary/aromatic N) is 3. The van der Waals surface area contributed by atoms with Crippen LogP contribution in [-0.2, 0) is 0 Å². The van der Waals surface area contributed by atoms with Gasteiger partial charge in [0.1, 0.15) is 5.75 Å². The van der Waals surface area contributed by atoms with Crippen molar-refractivity contribution in [3.63, 3.8) is 0 Å². The van der Waals surface area contributed by atoms with E-state index in [1.165, 1.54) is 4.68 Å². The fourth-order valence-electron chi connectivity index (χ4n) is 4.41. The van der Waals surface area contributed by atoms with Gasteiger partial charge in [0.2, 0.25) is 0 Å². The van der Waals surface area contributed by atoms with Crippen molar-refractivity contribution in [2.75, 3.05) is 20.3 Å². The van der Waals surface area contributed by atoms with Gasteiger partial charge in [0.25, 0.3) is 5.56 Å². The van der Waals surface area contributed by atoms with Gasteiger partial charge >= 0.3 is 0 Å². The molecule has 0 saturated carbocycles. The van der Waals surface area contributed by atoms with Crippen LogP contribution in [0.25, 0.3) is 22.3 Å². The first-order valence-electron chi connectivity index (χ1n) is 13.8. The summed E-state index contributed by atoms with van der Waals surface area (Å²) in [6, 6.07) is 15.1. The van der Waals surface area contributed by atoms with Crippen molar-refractivity contribution in [1.82, 2.24) is 9.66 Å². The van der Waals surface area contributed by atoms with Gasteiger partial charge in [-0.3, -0.25) is 4.79 Å². The third-order valence-electron chi connectivity index (χ3n) is 6.53. The maximum atomic E-state index is 13.8. The molecule has 0 radical (unpaired) electrons. The second-order valence-corrected chi connectivity index (χ2v) is 12.3.